The molecule has 0 N–H and O–H groups in total. The Hall–Kier alpha value is -0.980. The lowest BCUT2D eigenvalue weighted by Crippen LogP contribution is -2.17. The summed E-state index contributed by atoms with van der Waals surface area (Å²) in [6, 6.07) is 9.01. The van der Waals surface area contributed by atoms with Crippen molar-refractivity contribution < 1.29 is 4.74 Å². The zero-order chi connectivity index (χ0) is 21.7. The molecule has 2 aliphatic carbocycles. The van der Waals surface area contributed by atoms with Crippen LogP contribution in [-0.2, 0) is 6.42 Å². The molecule has 0 radical (unpaired) electrons. The van der Waals surface area contributed by atoms with Crippen molar-refractivity contribution in [3.63, 3.8) is 0 Å². The maximum atomic E-state index is 6.04. The van der Waals surface area contributed by atoms with Crippen LogP contribution in [0.2, 0.25) is 0 Å². The van der Waals surface area contributed by atoms with Gasteiger partial charge in [-0.1, -0.05) is 109 Å². The Kier molecular flexibility index (Phi) is 11.3. The van der Waals surface area contributed by atoms with Gasteiger partial charge in [0.15, 0.2) is 0 Å². The van der Waals surface area contributed by atoms with E-state index in [2.05, 4.69) is 38.1 Å². The predicted octanol–water partition coefficient (Wildman–Crippen LogP) is 9.38. The minimum Gasteiger partial charge on any atom is -0.494 e. The number of ether oxygens (including phenoxy) is 1. The van der Waals surface area contributed by atoms with Gasteiger partial charge in [0, 0.05) is 0 Å². The van der Waals surface area contributed by atoms with E-state index in [-0.39, 0.29) is 0 Å². The van der Waals surface area contributed by atoms with Crippen molar-refractivity contribution in [3.05, 3.63) is 29.8 Å². The highest BCUT2D eigenvalue weighted by Gasteiger charge is 2.21. The SMILES string of the molecule is CCCCCCC1CCC(CCc2ccc(OCCCC3CCCCC3C)cc2)CC1. The lowest BCUT2D eigenvalue weighted by atomic mass is 9.78. The first-order chi connectivity index (χ1) is 15.2. The molecule has 2 fully saturated rings. The van der Waals surface area contributed by atoms with E-state index in [4.69, 9.17) is 4.74 Å². The zero-order valence-electron chi connectivity index (χ0n) is 20.8. The summed E-state index contributed by atoms with van der Waals surface area (Å²) in [6.07, 6.45) is 24.1. The van der Waals surface area contributed by atoms with Gasteiger partial charge in [-0.15, -0.1) is 0 Å². The van der Waals surface area contributed by atoms with E-state index in [1.165, 1.54) is 115 Å². The van der Waals surface area contributed by atoms with Crippen LogP contribution in [-0.4, -0.2) is 6.61 Å². The molecule has 0 aliphatic heterocycles. The van der Waals surface area contributed by atoms with Gasteiger partial charge in [0.1, 0.15) is 5.75 Å². The molecule has 3 rings (SSSR count). The van der Waals surface area contributed by atoms with Crippen LogP contribution in [0.5, 0.6) is 5.75 Å². The summed E-state index contributed by atoms with van der Waals surface area (Å²) in [5, 5.41) is 0. The highest BCUT2D eigenvalue weighted by Crippen LogP contribution is 2.35. The number of hydrogen-bond donors (Lipinski definition) is 0. The second-order valence-electron chi connectivity index (χ2n) is 10.9. The fraction of sp³-hybridized carbons (Fsp3) is 0.800. The smallest absolute Gasteiger partial charge is 0.119 e. The molecule has 0 aromatic heterocycles. The first kappa shape index (κ1) is 24.7. The number of aryl methyl sites for hydroxylation is 1. The lowest BCUT2D eigenvalue weighted by Gasteiger charge is -2.28. The normalized spacial score (nSPS) is 26.6. The van der Waals surface area contributed by atoms with Crippen LogP contribution in [0, 0.1) is 23.7 Å². The molecule has 176 valence electrons. The summed E-state index contributed by atoms with van der Waals surface area (Å²) in [6.45, 7) is 5.64. The Labute approximate surface area is 193 Å². The van der Waals surface area contributed by atoms with Crippen molar-refractivity contribution in [2.75, 3.05) is 6.61 Å². The van der Waals surface area contributed by atoms with E-state index in [1.54, 1.807) is 0 Å². The van der Waals surface area contributed by atoms with Gasteiger partial charge in [-0.05, 0) is 67.1 Å². The first-order valence-corrected chi connectivity index (χ1v) is 14.0. The third kappa shape index (κ3) is 9.19. The Bertz CT molecular complexity index is 569. The van der Waals surface area contributed by atoms with Gasteiger partial charge in [0.2, 0.25) is 0 Å². The van der Waals surface area contributed by atoms with E-state index in [9.17, 15) is 0 Å². The Balaban J connectivity index is 1.25. The molecule has 2 atom stereocenters. The molecular weight excluding hydrogens is 376 g/mol. The summed E-state index contributed by atoms with van der Waals surface area (Å²) in [5.74, 6) is 4.92. The standard InChI is InChI=1S/C30H50O/c1-3-4-5-6-11-26-14-16-27(17-15-26)18-19-28-20-22-30(23-21-28)31-24-9-13-29-12-8-7-10-25(29)2/h20-23,25-27,29H,3-19,24H2,1-2H3. The molecule has 0 saturated heterocycles. The van der Waals surface area contributed by atoms with Gasteiger partial charge >= 0.3 is 0 Å². The summed E-state index contributed by atoms with van der Waals surface area (Å²) in [5.41, 5.74) is 1.49. The monoisotopic (exact) mass is 426 g/mol. The zero-order valence-corrected chi connectivity index (χ0v) is 20.8. The Morgan fingerprint density at radius 2 is 1.45 bits per heavy atom. The molecule has 1 heteroatoms. The molecule has 31 heavy (non-hydrogen) atoms. The number of hydrogen-bond acceptors (Lipinski definition) is 1. The fourth-order valence-corrected chi connectivity index (χ4v) is 6.15. The molecule has 2 saturated carbocycles. The average Bonchev–Trinajstić information content (AvgIpc) is 2.81. The molecule has 1 aromatic rings. The van der Waals surface area contributed by atoms with E-state index >= 15 is 0 Å². The van der Waals surface area contributed by atoms with Crippen molar-refractivity contribution in [1.29, 1.82) is 0 Å². The van der Waals surface area contributed by atoms with Crippen LogP contribution >= 0.6 is 0 Å². The predicted molar refractivity (Wildman–Crippen MR) is 135 cm³/mol. The largest absolute Gasteiger partial charge is 0.494 e. The molecule has 2 aliphatic rings. The summed E-state index contributed by atoms with van der Waals surface area (Å²) in [4.78, 5) is 0. The van der Waals surface area contributed by atoms with Crippen molar-refractivity contribution in [1.82, 2.24) is 0 Å². The van der Waals surface area contributed by atoms with Crippen LogP contribution in [0.4, 0.5) is 0 Å². The lowest BCUT2D eigenvalue weighted by molar-refractivity contribution is 0.217. The van der Waals surface area contributed by atoms with Crippen molar-refractivity contribution in [2.24, 2.45) is 23.7 Å². The molecule has 0 heterocycles. The third-order valence-corrected chi connectivity index (χ3v) is 8.47. The van der Waals surface area contributed by atoms with E-state index in [1.807, 2.05) is 0 Å². The quantitative estimate of drug-likeness (QED) is 0.285. The molecule has 0 spiro atoms. The van der Waals surface area contributed by atoms with E-state index in [0.29, 0.717) is 0 Å². The van der Waals surface area contributed by atoms with Crippen LogP contribution in [0.15, 0.2) is 24.3 Å². The second-order valence-corrected chi connectivity index (χ2v) is 10.9. The minimum absolute atomic E-state index is 0.879. The summed E-state index contributed by atoms with van der Waals surface area (Å²) in [7, 11) is 0. The minimum atomic E-state index is 0.879. The van der Waals surface area contributed by atoms with Gasteiger partial charge in [-0.2, -0.15) is 0 Å². The van der Waals surface area contributed by atoms with Crippen LogP contribution in [0.25, 0.3) is 0 Å². The van der Waals surface area contributed by atoms with Crippen LogP contribution in [0.3, 0.4) is 0 Å². The third-order valence-electron chi connectivity index (χ3n) is 8.47. The fourth-order valence-electron chi connectivity index (χ4n) is 6.15. The van der Waals surface area contributed by atoms with Gasteiger partial charge in [-0.25, -0.2) is 0 Å². The van der Waals surface area contributed by atoms with E-state index < -0.39 is 0 Å². The van der Waals surface area contributed by atoms with Gasteiger partial charge < -0.3 is 4.74 Å². The molecule has 1 aromatic carbocycles. The highest BCUT2D eigenvalue weighted by atomic mass is 16.5. The molecule has 1 nitrogen and oxygen atoms in total. The topological polar surface area (TPSA) is 9.23 Å². The number of unbranched alkanes of at least 4 members (excludes halogenated alkanes) is 3. The Morgan fingerprint density at radius 3 is 2.16 bits per heavy atom. The first-order valence-electron chi connectivity index (χ1n) is 14.0. The number of benzene rings is 1. The van der Waals surface area contributed by atoms with Crippen molar-refractivity contribution in [2.45, 2.75) is 123 Å². The van der Waals surface area contributed by atoms with E-state index in [0.717, 1.165) is 36.0 Å². The van der Waals surface area contributed by atoms with Crippen molar-refractivity contribution in [3.8, 4) is 5.75 Å². The average molecular weight is 427 g/mol. The number of rotatable bonds is 13. The highest BCUT2D eigenvalue weighted by molar-refractivity contribution is 5.27. The molecule has 0 bridgehead atoms. The van der Waals surface area contributed by atoms with Crippen LogP contribution in [0.1, 0.15) is 122 Å². The van der Waals surface area contributed by atoms with Gasteiger partial charge in [-0.3, -0.25) is 0 Å². The van der Waals surface area contributed by atoms with Gasteiger partial charge in [0.05, 0.1) is 6.61 Å². The summed E-state index contributed by atoms with van der Waals surface area (Å²) < 4.78 is 6.04. The maximum absolute atomic E-state index is 6.04. The molecule has 0 amide bonds. The van der Waals surface area contributed by atoms with Gasteiger partial charge in [0.25, 0.3) is 0 Å². The maximum Gasteiger partial charge on any atom is 0.119 e. The molecular formula is C30H50O. The Morgan fingerprint density at radius 1 is 0.742 bits per heavy atom. The van der Waals surface area contributed by atoms with Crippen molar-refractivity contribution >= 4 is 0 Å². The molecule has 2 unspecified atom stereocenters. The van der Waals surface area contributed by atoms with Crippen LogP contribution < -0.4 is 4.74 Å². The summed E-state index contributed by atoms with van der Waals surface area (Å²) >= 11 is 0. The second kappa shape index (κ2) is 14.2.